The average Bonchev–Trinajstić information content (AvgIpc) is 3.05. The first-order chi connectivity index (χ1) is 13.5. The van der Waals surface area contributed by atoms with E-state index in [9.17, 15) is 9.18 Å². The van der Waals surface area contributed by atoms with Crippen molar-refractivity contribution >= 4 is 5.91 Å². The Morgan fingerprint density at radius 1 is 1.14 bits per heavy atom. The van der Waals surface area contributed by atoms with Crippen LogP contribution in [0.25, 0.3) is 11.5 Å². The summed E-state index contributed by atoms with van der Waals surface area (Å²) in [5.74, 6) is 1.59. The van der Waals surface area contributed by atoms with Gasteiger partial charge in [-0.2, -0.15) is 0 Å². The molecule has 0 aliphatic rings. The van der Waals surface area contributed by atoms with Crippen molar-refractivity contribution in [3.8, 4) is 17.2 Å². The van der Waals surface area contributed by atoms with Gasteiger partial charge in [-0.15, -0.1) is 0 Å². The fraction of sp³-hybridized carbons (Fsp3) is 0.273. The summed E-state index contributed by atoms with van der Waals surface area (Å²) in [6.45, 7) is 4.84. The first kappa shape index (κ1) is 19.6. The molecule has 3 aromatic rings. The van der Waals surface area contributed by atoms with E-state index in [0.717, 1.165) is 22.6 Å². The molecule has 0 fully saturated rings. The van der Waals surface area contributed by atoms with E-state index in [4.69, 9.17) is 9.15 Å². The SMILES string of the molecule is CCOc1ccc(CC(=O)NCCc2nc(-c3ccc(F)cc3)oc2C)cc1. The van der Waals surface area contributed by atoms with Gasteiger partial charge in [0.15, 0.2) is 0 Å². The van der Waals surface area contributed by atoms with Gasteiger partial charge in [-0.25, -0.2) is 9.37 Å². The van der Waals surface area contributed by atoms with Crippen molar-refractivity contribution in [2.75, 3.05) is 13.2 Å². The molecule has 3 rings (SSSR count). The largest absolute Gasteiger partial charge is 0.494 e. The van der Waals surface area contributed by atoms with Crippen LogP contribution in [-0.2, 0) is 17.6 Å². The third-order valence-electron chi connectivity index (χ3n) is 4.27. The van der Waals surface area contributed by atoms with Gasteiger partial charge in [0.2, 0.25) is 11.8 Å². The fourth-order valence-electron chi connectivity index (χ4n) is 2.81. The zero-order chi connectivity index (χ0) is 19.9. The Bertz CT molecular complexity index is 918. The number of oxazole rings is 1. The zero-order valence-corrected chi connectivity index (χ0v) is 16.0. The lowest BCUT2D eigenvalue weighted by molar-refractivity contribution is -0.120. The zero-order valence-electron chi connectivity index (χ0n) is 16.0. The normalized spacial score (nSPS) is 10.7. The molecule has 1 heterocycles. The van der Waals surface area contributed by atoms with Crippen LogP contribution in [0.1, 0.15) is 23.9 Å². The Morgan fingerprint density at radius 3 is 2.54 bits per heavy atom. The molecule has 0 spiro atoms. The number of carbonyl (C=O) groups excluding carboxylic acids is 1. The maximum Gasteiger partial charge on any atom is 0.226 e. The topological polar surface area (TPSA) is 64.4 Å². The monoisotopic (exact) mass is 382 g/mol. The van der Waals surface area contributed by atoms with E-state index in [2.05, 4.69) is 10.3 Å². The number of aromatic nitrogens is 1. The fourth-order valence-corrected chi connectivity index (χ4v) is 2.81. The van der Waals surface area contributed by atoms with E-state index in [1.807, 2.05) is 38.1 Å². The number of amides is 1. The highest BCUT2D eigenvalue weighted by molar-refractivity contribution is 5.78. The molecule has 0 aliphatic heterocycles. The van der Waals surface area contributed by atoms with Gasteiger partial charge >= 0.3 is 0 Å². The van der Waals surface area contributed by atoms with Gasteiger partial charge in [0.25, 0.3) is 0 Å². The van der Waals surface area contributed by atoms with Crippen LogP contribution < -0.4 is 10.1 Å². The lowest BCUT2D eigenvalue weighted by Crippen LogP contribution is -2.27. The maximum atomic E-state index is 13.0. The molecule has 1 aromatic heterocycles. The molecular weight excluding hydrogens is 359 g/mol. The molecule has 0 saturated carbocycles. The second-order valence-corrected chi connectivity index (χ2v) is 6.38. The van der Waals surface area contributed by atoms with Crippen molar-refractivity contribution in [3.63, 3.8) is 0 Å². The van der Waals surface area contributed by atoms with Crippen molar-refractivity contribution < 1.29 is 18.3 Å². The number of rotatable bonds is 8. The summed E-state index contributed by atoms with van der Waals surface area (Å²) in [4.78, 5) is 16.6. The number of hydrogen-bond acceptors (Lipinski definition) is 4. The van der Waals surface area contributed by atoms with Gasteiger partial charge in [-0.1, -0.05) is 12.1 Å². The van der Waals surface area contributed by atoms with Crippen LogP contribution in [0.5, 0.6) is 5.75 Å². The number of hydrogen-bond donors (Lipinski definition) is 1. The van der Waals surface area contributed by atoms with E-state index in [0.29, 0.717) is 37.6 Å². The van der Waals surface area contributed by atoms with Gasteiger partial charge in [-0.05, 0) is 55.8 Å². The summed E-state index contributed by atoms with van der Waals surface area (Å²) in [5, 5.41) is 2.90. The predicted molar refractivity (Wildman–Crippen MR) is 105 cm³/mol. The Hall–Kier alpha value is -3.15. The number of ether oxygens (including phenoxy) is 1. The highest BCUT2D eigenvalue weighted by Crippen LogP contribution is 2.22. The Labute approximate surface area is 163 Å². The van der Waals surface area contributed by atoms with Gasteiger partial charge < -0.3 is 14.5 Å². The molecule has 0 bridgehead atoms. The molecule has 0 radical (unpaired) electrons. The third kappa shape index (κ3) is 5.19. The summed E-state index contributed by atoms with van der Waals surface area (Å²) in [5.41, 5.74) is 2.42. The molecular formula is C22H23FN2O3. The van der Waals surface area contributed by atoms with E-state index < -0.39 is 0 Å². The summed E-state index contributed by atoms with van der Waals surface area (Å²) in [6.07, 6.45) is 0.872. The van der Waals surface area contributed by atoms with Crippen LogP contribution in [0, 0.1) is 12.7 Å². The maximum absolute atomic E-state index is 13.0. The first-order valence-corrected chi connectivity index (χ1v) is 9.26. The van der Waals surface area contributed by atoms with Crippen LogP contribution in [-0.4, -0.2) is 24.0 Å². The smallest absolute Gasteiger partial charge is 0.226 e. The minimum atomic E-state index is -0.303. The Balaban J connectivity index is 1.50. The predicted octanol–water partition coefficient (Wildman–Crippen LogP) is 4.09. The summed E-state index contributed by atoms with van der Waals surface area (Å²) >= 11 is 0. The molecule has 0 unspecified atom stereocenters. The molecule has 0 atom stereocenters. The number of carbonyl (C=O) groups is 1. The molecule has 146 valence electrons. The van der Waals surface area contributed by atoms with Crippen LogP contribution >= 0.6 is 0 Å². The lowest BCUT2D eigenvalue weighted by Gasteiger charge is -2.06. The second kappa shape index (κ2) is 9.17. The third-order valence-corrected chi connectivity index (χ3v) is 4.27. The number of nitrogens with zero attached hydrogens (tertiary/aromatic N) is 1. The lowest BCUT2D eigenvalue weighted by atomic mass is 10.1. The minimum absolute atomic E-state index is 0.0518. The van der Waals surface area contributed by atoms with E-state index in [1.54, 1.807) is 12.1 Å². The van der Waals surface area contributed by atoms with E-state index in [1.165, 1.54) is 12.1 Å². The Morgan fingerprint density at radius 2 is 1.86 bits per heavy atom. The summed E-state index contributed by atoms with van der Waals surface area (Å²) in [7, 11) is 0. The molecule has 0 aliphatic carbocycles. The van der Waals surface area contributed by atoms with Crippen molar-refractivity contribution in [2.24, 2.45) is 0 Å². The number of nitrogens with one attached hydrogen (secondary N) is 1. The van der Waals surface area contributed by atoms with Gasteiger partial charge in [-0.3, -0.25) is 4.79 Å². The molecule has 5 nitrogen and oxygen atoms in total. The minimum Gasteiger partial charge on any atom is -0.494 e. The first-order valence-electron chi connectivity index (χ1n) is 9.26. The summed E-state index contributed by atoms with van der Waals surface area (Å²) in [6, 6.07) is 13.5. The highest BCUT2D eigenvalue weighted by Gasteiger charge is 2.12. The van der Waals surface area contributed by atoms with Crippen molar-refractivity contribution in [1.82, 2.24) is 10.3 Å². The van der Waals surface area contributed by atoms with Gasteiger partial charge in [0.05, 0.1) is 18.7 Å². The van der Waals surface area contributed by atoms with Crippen LogP contribution in [0.3, 0.4) is 0 Å². The number of aryl methyl sites for hydroxylation is 1. The molecule has 1 N–H and O–H groups in total. The van der Waals surface area contributed by atoms with Crippen LogP contribution in [0.15, 0.2) is 52.9 Å². The molecule has 6 heteroatoms. The Kier molecular flexibility index (Phi) is 6.42. The molecule has 2 aromatic carbocycles. The van der Waals surface area contributed by atoms with E-state index >= 15 is 0 Å². The van der Waals surface area contributed by atoms with Crippen molar-refractivity contribution in [2.45, 2.75) is 26.7 Å². The quantitative estimate of drug-likeness (QED) is 0.637. The standard InChI is InChI=1S/C22H23FN2O3/c1-3-27-19-10-4-16(5-11-19)14-21(26)24-13-12-20-15(2)28-22(25-20)17-6-8-18(23)9-7-17/h4-11H,3,12-14H2,1-2H3,(H,24,26). The van der Waals surface area contributed by atoms with Crippen LogP contribution in [0.2, 0.25) is 0 Å². The molecule has 0 saturated heterocycles. The summed E-state index contributed by atoms with van der Waals surface area (Å²) < 4.78 is 24.1. The van der Waals surface area contributed by atoms with Crippen molar-refractivity contribution in [1.29, 1.82) is 0 Å². The van der Waals surface area contributed by atoms with Gasteiger partial charge in [0, 0.05) is 18.5 Å². The second-order valence-electron chi connectivity index (χ2n) is 6.38. The highest BCUT2D eigenvalue weighted by atomic mass is 19.1. The van der Waals surface area contributed by atoms with Crippen LogP contribution in [0.4, 0.5) is 4.39 Å². The number of halogens is 1. The average molecular weight is 382 g/mol. The molecule has 1 amide bonds. The van der Waals surface area contributed by atoms with Crippen molar-refractivity contribution in [3.05, 3.63) is 71.4 Å². The number of benzene rings is 2. The van der Waals surface area contributed by atoms with E-state index in [-0.39, 0.29) is 11.7 Å². The molecule has 28 heavy (non-hydrogen) atoms. The van der Waals surface area contributed by atoms with Gasteiger partial charge in [0.1, 0.15) is 17.3 Å².